The highest BCUT2D eigenvalue weighted by Gasteiger charge is 2.17. The highest BCUT2D eigenvalue weighted by molar-refractivity contribution is 7.92. The van der Waals surface area contributed by atoms with E-state index >= 15 is 0 Å². The zero-order chi connectivity index (χ0) is 17.0. The summed E-state index contributed by atoms with van der Waals surface area (Å²) >= 11 is 5.93. The van der Waals surface area contributed by atoms with E-state index in [4.69, 9.17) is 16.3 Å². The molecular formula is C17H20ClNO3S. The molecule has 0 aliphatic heterocycles. The maximum atomic E-state index is 12.0. The third kappa shape index (κ3) is 4.05. The Bertz CT molecular complexity index is 773. The molecule has 0 atom stereocenters. The number of anilines is 1. The summed E-state index contributed by atoms with van der Waals surface area (Å²) in [4.78, 5) is 0. The lowest BCUT2D eigenvalue weighted by atomic mass is 9.99. The van der Waals surface area contributed by atoms with E-state index in [1.165, 1.54) is 4.31 Å². The molecule has 0 bridgehead atoms. The van der Waals surface area contributed by atoms with E-state index in [9.17, 15) is 8.42 Å². The third-order valence-electron chi connectivity index (χ3n) is 3.69. The molecule has 0 unspecified atom stereocenters. The minimum atomic E-state index is -3.29. The average molecular weight is 354 g/mol. The highest BCUT2D eigenvalue weighted by Crippen LogP contribution is 2.30. The van der Waals surface area contributed by atoms with Gasteiger partial charge in [-0.15, -0.1) is 0 Å². The predicted molar refractivity (Wildman–Crippen MR) is 95.5 cm³/mol. The van der Waals surface area contributed by atoms with Gasteiger partial charge in [-0.3, -0.25) is 4.31 Å². The van der Waals surface area contributed by atoms with Crippen molar-refractivity contribution in [2.45, 2.75) is 13.5 Å². The molecule has 0 saturated heterocycles. The average Bonchev–Trinajstić information content (AvgIpc) is 2.55. The van der Waals surface area contributed by atoms with Crippen molar-refractivity contribution in [2.75, 3.05) is 24.2 Å². The molecule has 2 aromatic carbocycles. The van der Waals surface area contributed by atoms with Crippen molar-refractivity contribution in [2.24, 2.45) is 0 Å². The molecule has 0 amide bonds. The Morgan fingerprint density at radius 2 is 1.78 bits per heavy atom. The van der Waals surface area contributed by atoms with E-state index in [2.05, 4.69) is 0 Å². The number of nitrogens with zero attached hydrogens (tertiary/aromatic N) is 1. The molecule has 6 heteroatoms. The van der Waals surface area contributed by atoms with Crippen LogP contribution in [0.3, 0.4) is 0 Å². The van der Waals surface area contributed by atoms with E-state index in [0.29, 0.717) is 17.3 Å². The van der Waals surface area contributed by atoms with Crippen LogP contribution in [0.25, 0.3) is 11.1 Å². The zero-order valence-electron chi connectivity index (χ0n) is 13.4. The number of ether oxygens (including phenoxy) is 1. The molecule has 0 radical (unpaired) electrons. The smallest absolute Gasteiger partial charge is 0.234 e. The van der Waals surface area contributed by atoms with Crippen LogP contribution in [0.4, 0.5) is 5.69 Å². The van der Waals surface area contributed by atoms with Crippen molar-refractivity contribution in [3.8, 4) is 11.1 Å². The number of methoxy groups -OCH3 is 1. The molecule has 0 saturated carbocycles. The van der Waals surface area contributed by atoms with Crippen LogP contribution in [-0.2, 0) is 21.4 Å². The molecule has 2 rings (SSSR count). The fraction of sp³-hybridized carbons (Fsp3) is 0.294. The fourth-order valence-electron chi connectivity index (χ4n) is 2.32. The Hall–Kier alpha value is -1.56. The maximum Gasteiger partial charge on any atom is 0.234 e. The molecule has 0 spiro atoms. The molecule has 0 heterocycles. The molecule has 0 aromatic heterocycles. The first-order valence-corrected chi connectivity index (χ1v) is 9.22. The molecule has 2 aromatic rings. The number of hydrogen-bond acceptors (Lipinski definition) is 3. The zero-order valence-corrected chi connectivity index (χ0v) is 15.0. The first-order chi connectivity index (χ1) is 10.9. The monoisotopic (exact) mass is 353 g/mol. The first kappa shape index (κ1) is 17.8. The summed E-state index contributed by atoms with van der Waals surface area (Å²) in [5.74, 6) is 0.0576. The van der Waals surface area contributed by atoms with Crippen LogP contribution in [0.2, 0.25) is 5.02 Å². The van der Waals surface area contributed by atoms with Gasteiger partial charge in [0.1, 0.15) is 0 Å². The van der Waals surface area contributed by atoms with Crippen LogP contribution >= 0.6 is 11.6 Å². The van der Waals surface area contributed by atoms with Gasteiger partial charge in [0.2, 0.25) is 10.0 Å². The van der Waals surface area contributed by atoms with Crippen molar-refractivity contribution in [1.29, 1.82) is 0 Å². The molecule has 0 aliphatic rings. The Kier molecular flexibility index (Phi) is 5.68. The summed E-state index contributed by atoms with van der Waals surface area (Å²) in [6.07, 6.45) is 0. The molecule has 0 fully saturated rings. The Balaban J connectivity index is 2.48. The summed E-state index contributed by atoms with van der Waals surface area (Å²) in [5.41, 5.74) is 3.55. The van der Waals surface area contributed by atoms with Crippen molar-refractivity contribution in [3.05, 3.63) is 53.1 Å². The predicted octanol–water partition coefficient (Wildman–Crippen LogP) is 3.94. The quantitative estimate of drug-likeness (QED) is 0.790. The highest BCUT2D eigenvalue weighted by atomic mass is 35.5. The van der Waals surface area contributed by atoms with E-state index in [1.807, 2.05) is 36.4 Å². The summed E-state index contributed by atoms with van der Waals surface area (Å²) in [6.45, 7) is 2.02. The van der Waals surface area contributed by atoms with Crippen LogP contribution in [-0.4, -0.2) is 28.3 Å². The van der Waals surface area contributed by atoms with Gasteiger partial charge in [0.25, 0.3) is 0 Å². The molecule has 124 valence electrons. The van der Waals surface area contributed by atoms with Gasteiger partial charge >= 0.3 is 0 Å². The van der Waals surface area contributed by atoms with Gasteiger partial charge in [0, 0.05) is 19.2 Å². The molecule has 4 nitrogen and oxygen atoms in total. The van der Waals surface area contributed by atoms with Gasteiger partial charge < -0.3 is 4.74 Å². The summed E-state index contributed by atoms with van der Waals surface area (Å²) < 4.78 is 30.7. The van der Waals surface area contributed by atoms with Crippen LogP contribution in [0.15, 0.2) is 42.5 Å². The van der Waals surface area contributed by atoms with Crippen LogP contribution in [0, 0.1) is 0 Å². The van der Waals surface area contributed by atoms with E-state index < -0.39 is 10.0 Å². The molecule has 23 heavy (non-hydrogen) atoms. The van der Waals surface area contributed by atoms with Gasteiger partial charge in [-0.1, -0.05) is 29.8 Å². The number of hydrogen-bond donors (Lipinski definition) is 0. The van der Waals surface area contributed by atoms with Gasteiger partial charge in [0.05, 0.1) is 18.0 Å². The van der Waals surface area contributed by atoms with Crippen molar-refractivity contribution < 1.29 is 13.2 Å². The fourth-order valence-corrected chi connectivity index (χ4v) is 3.26. The molecular weight excluding hydrogens is 334 g/mol. The number of rotatable bonds is 6. The summed E-state index contributed by atoms with van der Waals surface area (Å²) in [7, 11) is -0.113. The number of benzene rings is 2. The Morgan fingerprint density at radius 3 is 2.35 bits per heavy atom. The topological polar surface area (TPSA) is 46.6 Å². The lowest BCUT2D eigenvalue weighted by molar-refractivity contribution is 0.185. The number of sulfonamides is 1. The summed E-state index contributed by atoms with van der Waals surface area (Å²) in [5, 5.41) is 0.674. The normalized spacial score (nSPS) is 11.5. The summed E-state index contributed by atoms with van der Waals surface area (Å²) in [6, 6.07) is 13.1. The van der Waals surface area contributed by atoms with Crippen molar-refractivity contribution >= 4 is 27.3 Å². The lowest BCUT2D eigenvalue weighted by Gasteiger charge is -2.20. The molecule has 0 aliphatic carbocycles. The lowest BCUT2D eigenvalue weighted by Crippen LogP contribution is -2.28. The first-order valence-electron chi connectivity index (χ1n) is 7.23. The Labute approximate surface area is 142 Å². The van der Waals surface area contributed by atoms with E-state index in [-0.39, 0.29) is 5.75 Å². The minimum absolute atomic E-state index is 0.0576. The van der Waals surface area contributed by atoms with Gasteiger partial charge in [-0.25, -0.2) is 8.42 Å². The van der Waals surface area contributed by atoms with Gasteiger partial charge in [-0.05, 0) is 47.9 Å². The second-order valence-electron chi connectivity index (χ2n) is 5.15. The minimum Gasteiger partial charge on any atom is -0.380 e. The largest absolute Gasteiger partial charge is 0.380 e. The Morgan fingerprint density at radius 1 is 1.13 bits per heavy atom. The maximum absolute atomic E-state index is 12.0. The second-order valence-corrected chi connectivity index (χ2v) is 7.87. The van der Waals surface area contributed by atoms with Crippen molar-refractivity contribution in [3.63, 3.8) is 0 Å². The standard InChI is InChI=1S/C17H20ClNO3S/c1-4-23(20,21)19(2)16-9-10-17(14(11-16)12-22-3)13-5-7-15(18)8-6-13/h5-11H,4,12H2,1-3H3. The van der Waals surface area contributed by atoms with Crippen LogP contribution in [0.5, 0.6) is 0 Å². The van der Waals surface area contributed by atoms with Crippen LogP contribution in [0.1, 0.15) is 12.5 Å². The van der Waals surface area contributed by atoms with E-state index in [0.717, 1.165) is 16.7 Å². The second kappa shape index (κ2) is 7.34. The molecule has 0 N–H and O–H groups in total. The number of halogens is 1. The van der Waals surface area contributed by atoms with Gasteiger partial charge in [0.15, 0.2) is 0 Å². The third-order valence-corrected chi connectivity index (χ3v) is 5.72. The van der Waals surface area contributed by atoms with Crippen molar-refractivity contribution in [1.82, 2.24) is 0 Å². The van der Waals surface area contributed by atoms with Gasteiger partial charge in [-0.2, -0.15) is 0 Å². The van der Waals surface area contributed by atoms with E-state index in [1.54, 1.807) is 27.1 Å². The van der Waals surface area contributed by atoms with Crippen LogP contribution < -0.4 is 4.31 Å². The SMILES string of the molecule is CCS(=O)(=O)N(C)c1ccc(-c2ccc(Cl)cc2)c(COC)c1.